The summed E-state index contributed by atoms with van der Waals surface area (Å²) in [4.78, 5) is 11.2. The number of nitrogens with zero attached hydrogens (tertiary/aromatic N) is 1. The van der Waals surface area contributed by atoms with Gasteiger partial charge in [-0.05, 0) is 22.0 Å². The molecule has 0 aliphatic rings. The van der Waals surface area contributed by atoms with Gasteiger partial charge in [-0.25, -0.2) is 4.79 Å². The summed E-state index contributed by atoms with van der Waals surface area (Å²) in [7, 11) is 6.75. The predicted molar refractivity (Wildman–Crippen MR) is 54.0 cm³/mol. The fraction of sp³-hybridized carbons (Fsp3) is 0.375. The molecule has 1 heterocycles. The molecule has 0 aliphatic heterocycles. The van der Waals surface area contributed by atoms with Crippen LogP contribution in [0.15, 0.2) is 16.7 Å². The van der Waals surface area contributed by atoms with Crippen molar-refractivity contribution in [3.63, 3.8) is 0 Å². The van der Waals surface area contributed by atoms with E-state index in [4.69, 9.17) is 7.85 Å². The van der Waals surface area contributed by atoms with Gasteiger partial charge < -0.3 is 9.30 Å². The first-order valence-electron chi connectivity index (χ1n) is 3.83. The molecule has 1 rings (SSSR count). The predicted octanol–water partition coefficient (Wildman–Crippen LogP) is 1.62. The van der Waals surface area contributed by atoms with Gasteiger partial charge in [0.15, 0.2) is 0 Å². The van der Waals surface area contributed by atoms with Gasteiger partial charge in [-0.1, -0.05) is 6.32 Å². The number of carbonyl (C=O) groups is 1. The molecule has 1 aromatic heterocycles. The van der Waals surface area contributed by atoms with E-state index in [0.29, 0.717) is 18.6 Å². The maximum absolute atomic E-state index is 11.2. The normalized spacial score (nSPS) is 10.0. The standard InChI is InChI=1S/C8H9BBrNO2/c1-13-8(12)7-4-6(10)5-11(7)3-2-9/h4-5H,2-3H2,1H3. The van der Waals surface area contributed by atoms with Crippen LogP contribution in [0.3, 0.4) is 0 Å². The SMILES string of the molecule is [B]CCn1cc(Br)cc1C(=O)OC. The number of methoxy groups -OCH3 is 1. The van der Waals surface area contributed by atoms with Crippen molar-refractivity contribution < 1.29 is 9.53 Å². The number of rotatable bonds is 3. The van der Waals surface area contributed by atoms with E-state index in [1.54, 1.807) is 16.8 Å². The molecule has 0 N–H and O–H groups in total. The van der Waals surface area contributed by atoms with Gasteiger partial charge in [0, 0.05) is 17.2 Å². The fourth-order valence-electron chi connectivity index (χ4n) is 1.07. The fourth-order valence-corrected chi connectivity index (χ4v) is 1.54. The van der Waals surface area contributed by atoms with E-state index in [-0.39, 0.29) is 5.97 Å². The van der Waals surface area contributed by atoms with Crippen molar-refractivity contribution in [3.8, 4) is 0 Å². The van der Waals surface area contributed by atoms with Crippen molar-refractivity contribution in [2.24, 2.45) is 0 Å². The highest BCUT2D eigenvalue weighted by atomic mass is 79.9. The lowest BCUT2D eigenvalue weighted by Gasteiger charge is -2.04. The summed E-state index contributed by atoms with van der Waals surface area (Å²) < 4.78 is 7.22. The van der Waals surface area contributed by atoms with Crippen molar-refractivity contribution in [1.82, 2.24) is 4.57 Å². The molecule has 0 amide bonds. The van der Waals surface area contributed by atoms with E-state index in [2.05, 4.69) is 20.7 Å². The molecule has 0 aromatic carbocycles. The van der Waals surface area contributed by atoms with Gasteiger partial charge in [0.05, 0.1) is 15.0 Å². The molecule has 0 bridgehead atoms. The van der Waals surface area contributed by atoms with Crippen molar-refractivity contribution >= 4 is 29.7 Å². The lowest BCUT2D eigenvalue weighted by atomic mass is 10.1. The lowest BCUT2D eigenvalue weighted by Crippen LogP contribution is -2.09. The summed E-state index contributed by atoms with van der Waals surface area (Å²) in [6.45, 7) is 0.607. The van der Waals surface area contributed by atoms with Crippen LogP contribution in [0, 0.1) is 0 Å². The number of halogens is 1. The van der Waals surface area contributed by atoms with E-state index in [1.807, 2.05) is 0 Å². The number of hydrogen-bond acceptors (Lipinski definition) is 2. The summed E-state index contributed by atoms with van der Waals surface area (Å²) >= 11 is 3.28. The van der Waals surface area contributed by atoms with Crippen LogP contribution in [0.4, 0.5) is 0 Å². The molecule has 0 unspecified atom stereocenters. The summed E-state index contributed by atoms with van der Waals surface area (Å²) in [6, 6.07) is 1.71. The topological polar surface area (TPSA) is 31.2 Å². The smallest absolute Gasteiger partial charge is 0.354 e. The van der Waals surface area contributed by atoms with Gasteiger partial charge in [-0.15, -0.1) is 0 Å². The number of carbonyl (C=O) groups excluding carboxylic acids is 1. The third kappa shape index (κ3) is 2.37. The second-order valence-corrected chi connectivity index (χ2v) is 3.43. The van der Waals surface area contributed by atoms with Crippen molar-refractivity contribution in [2.45, 2.75) is 12.9 Å². The Morgan fingerprint density at radius 3 is 3.00 bits per heavy atom. The van der Waals surface area contributed by atoms with E-state index in [9.17, 15) is 4.79 Å². The molecule has 0 aliphatic carbocycles. The summed E-state index contributed by atoms with van der Waals surface area (Å²) in [5.41, 5.74) is 0.514. The molecular weight excluding hydrogens is 233 g/mol. The zero-order chi connectivity index (χ0) is 9.84. The Morgan fingerprint density at radius 1 is 1.77 bits per heavy atom. The third-order valence-electron chi connectivity index (χ3n) is 1.63. The quantitative estimate of drug-likeness (QED) is 0.595. The number of aryl methyl sites for hydroxylation is 1. The summed E-state index contributed by atoms with van der Waals surface area (Å²) in [5, 5.41) is 0. The van der Waals surface area contributed by atoms with Crippen LogP contribution in [-0.2, 0) is 11.3 Å². The minimum atomic E-state index is -0.348. The molecule has 3 nitrogen and oxygen atoms in total. The van der Waals surface area contributed by atoms with E-state index in [1.165, 1.54) is 7.11 Å². The van der Waals surface area contributed by atoms with E-state index in [0.717, 1.165) is 4.47 Å². The van der Waals surface area contributed by atoms with Crippen LogP contribution >= 0.6 is 15.9 Å². The molecular formula is C8H9BBrNO2. The second-order valence-electron chi connectivity index (χ2n) is 2.52. The Kier molecular flexibility index (Phi) is 3.60. The molecule has 5 heteroatoms. The van der Waals surface area contributed by atoms with Crippen LogP contribution in [0.5, 0.6) is 0 Å². The van der Waals surface area contributed by atoms with Crippen LogP contribution in [0.2, 0.25) is 6.32 Å². The number of ether oxygens (including phenoxy) is 1. The zero-order valence-corrected chi connectivity index (χ0v) is 8.87. The second kappa shape index (κ2) is 4.51. The maximum Gasteiger partial charge on any atom is 0.354 e. The molecule has 0 fully saturated rings. The van der Waals surface area contributed by atoms with Gasteiger partial charge in [0.2, 0.25) is 0 Å². The van der Waals surface area contributed by atoms with Crippen molar-refractivity contribution in [1.29, 1.82) is 0 Å². The van der Waals surface area contributed by atoms with Crippen LogP contribution in [0.25, 0.3) is 0 Å². The van der Waals surface area contributed by atoms with Crippen molar-refractivity contribution in [3.05, 3.63) is 22.4 Å². The third-order valence-corrected chi connectivity index (χ3v) is 2.06. The van der Waals surface area contributed by atoms with Gasteiger partial charge in [-0.3, -0.25) is 0 Å². The largest absolute Gasteiger partial charge is 0.464 e. The van der Waals surface area contributed by atoms with E-state index >= 15 is 0 Å². The minimum absolute atomic E-state index is 0.348. The van der Waals surface area contributed by atoms with Crippen molar-refractivity contribution in [2.75, 3.05) is 7.11 Å². The molecule has 0 saturated heterocycles. The minimum Gasteiger partial charge on any atom is -0.464 e. The Morgan fingerprint density at radius 2 is 2.46 bits per heavy atom. The molecule has 13 heavy (non-hydrogen) atoms. The zero-order valence-electron chi connectivity index (χ0n) is 7.29. The molecule has 68 valence electrons. The average molecular weight is 242 g/mol. The Labute approximate surface area is 86.6 Å². The molecule has 2 radical (unpaired) electrons. The Bertz CT molecular complexity index is 311. The summed E-state index contributed by atoms with van der Waals surface area (Å²) in [6.07, 6.45) is 2.30. The van der Waals surface area contributed by atoms with E-state index < -0.39 is 0 Å². The van der Waals surface area contributed by atoms with Gasteiger partial charge >= 0.3 is 5.97 Å². The van der Waals surface area contributed by atoms with Crippen LogP contribution in [0.1, 0.15) is 10.5 Å². The van der Waals surface area contributed by atoms with Gasteiger partial charge in [0.25, 0.3) is 0 Å². The highest BCUT2D eigenvalue weighted by molar-refractivity contribution is 9.10. The lowest BCUT2D eigenvalue weighted by molar-refractivity contribution is 0.0588. The van der Waals surface area contributed by atoms with Gasteiger partial charge in [-0.2, -0.15) is 0 Å². The monoisotopic (exact) mass is 241 g/mol. The molecule has 1 aromatic rings. The summed E-state index contributed by atoms with van der Waals surface area (Å²) in [5.74, 6) is -0.348. The first kappa shape index (κ1) is 10.4. The average Bonchev–Trinajstić information content (AvgIpc) is 2.46. The Hall–Kier alpha value is -0.705. The number of hydrogen-bond donors (Lipinski definition) is 0. The number of aromatic nitrogens is 1. The highest BCUT2D eigenvalue weighted by Crippen LogP contribution is 2.15. The van der Waals surface area contributed by atoms with Crippen LogP contribution < -0.4 is 0 Å². The Balaban J connectivity index is 2.96. The molecule has 0 saturated carbocycles. The first-order chi connectivity index (χ1) is 6.19. The van der Waals surface area contributed by atoms with Crippen LogP contribution in [-0.4, -0.2) is 25.5 Å². The number of esters is 1. The maximum atomic E-state index is 11.2. The first-order valence-corrected chi connectivity index (χ1v) is 4.62. The highest BCUT2D eigenvalue weighted by Gasteiger charge is 2.11. The molecule has 0 spiro atoms. The van der Waals surface area contributed by atoms with Gasteiger partial charge in [0.1, 0.15) is 5.69 Å². The molecule has 0 atom stereocenters.